The Hall–Kier alpha value is -0.520. The molecule has 2 N–H and O–H groups in total. The van der Waals surface area contributed by atoms with Crippen LogP contribution in [-0.4, -0.2) is 15.9 Å². The molecule has 1 aliphatic carbocycles. The van der Waals surface area contributed by atoms with Gasteiger partial charge in [0.15, 0.2) is 0 Å². The van der Waals surface area contributed by atoms with Gasteiger partial charge in [-0.15, -0.1) is 0 Å². The molecule has 0 unspecified atom stereocenters. The molecule has 15 heavy (non-hydrogen) atoms. The molecule has 0 atom stereocenters. The van der Waals surface area contributed by atoms with Crippen LogP contribution in [0.25, 0.3) is 0 Å². The van der Waals surface area contributed by atoms with Crippen molar-refractivity contribution in [3.63, 3.8) is 0 Å². The Morgan fingerprint density at radius 3 is 2.07 bits per heavy atom. The Morgan fingerprint density at radius 2 is 1.67 bits per heavy atom. The third-order valence-corrected chi connectivity index (χ3v) is 2.97. The molecule has 1 fully saturated rings. The molecule has 1 heterocycles. The van der Waals surface area contributed by atoms with Gasteiger partial charge in [-0.05, 0) is 0 Å². The minimum atomic E-state index is -2.75. The van der Waals surface area contributed by atoms with E-state index in [4.69, 9.17) is 28.9 Å². The highest BCUT2D eigenvalue weighted by Crippen LogP contribution is 2.52. The number of hydrogen-bond donors (Lipinski definition) is 1. The molecule has 7 heteroatoms. The van der Waals surface area contributed by atoms with E-state index in [1.54, 1.807) is 0 Å². The predicted octanol–water partition coefficient (Wildman–Crippen LogP) is 2.37. The van der Waals surface area contributed by atoms with Gasteiger partial charge < -0.3 is 5.73 Å². The fourth-order valence-corrected chi connectivity index (χ4v) is 2.49. The van der Waals surface area contributed by atoms with E-state index in [2.05, 4.69) is 9.97 Å². The fraction of sp³-hybridized carbons (Fsp3) is 0.500. The summed E-state index contributed by atoms with van der Waals surface area (Å²) in [4.78, 5) is 7.36. The maximum atomic E-state index is 12.8. The summed E-state index contributed by atoms with van der Waals surface area (Å²) in [6.07, 6.45) is 0.202. The second-order valence-electron chi connectivity index (χ2n) is 3.70. The smallest absolute Gasteiger partial charge is 0.252 e. The quantitative estimate of drug-likeness (QED) is 0.782. The Bertz CT molecular complexity index is 383. The molecule has 0 spiro atoms. The van der Waals surface area contributed by atoms with Crippen LogP contribution in [0.3, 0.4) is 0 Å². The Balaban J connectivity index is 2.39. The summed E-state index contributed by atoms with van der Waals surface area (Å²) < 4.78 is 25.6. The normalized spacial score (nSPS) is 22.2. The Kier molecular flexibility index (Phi) is 2.37. The van der Waals surface area contributed by atoms with Crippen LogP contribution in [-0.2, 0) is 5.54 Å². The van der Waals surface area contributed by atoms with Gasteiger partial charge in [0.25, 0.3) is 5.92 Å². The van der Waals surface area contributed by atoms with Gasteiger partial charge in [0, 0.05) is 18.4 Å². The molecule has 0 aromatic carbocycles. The van der Waals surface area contributed by atoms with Crippen LogP contribution in [0.5, 0.6) is 0 Å². The lowest BCUT2D eigenvalue weighted by Gasteiger charge is -2.44. The summed E-state index contributed by atoms with van der Waals surface area (Å²) in [6.45, 7) is 0. The first kappa shape index (κ1) is 11.0. The molecule has 1 aromatic rings. The first-order valence-corrected chi connectivity index (χ1v) is 4.93. The van der Waals surface area contributed by atoms with Crippen molar-refractivity contribution in [1.29, 1.82) is 0 Å². The van der Waals surface area contributed by atoms with Gasteiger partial charge in [0.05, 0.1) is 5.54 Å². The number of aromatic nitrogens is 2. The zero-order chi connectivity index (χ0) is 11.3. The lowest BCUT2D eigenvalue weighted by molar-refractivity contribution is -0.125. The second kappa shape index (κ2) is 3.23. The highest BCUT2D eigenvalue weighted by Gasteiger charge is 2.57. The van der Waals surface area contributed by atoms with Crippen molar-refractivity contribution in [1.82, 2.24) is 9.97 Å². The molecule has 0 bridgehead atoms. The van der Waals surface area contributed by atoms with E-state index in [9.17, 15) is 8.78 Å². The number of nitrogens with two attached hydrogens (primary N) is 1. The van der Waals surface area contributed by atoms with Crippen molar-refractivity contribution in [2.75, 3.05) is 0 Å². The molecule has 1 aromatic heterocycles. The highest BCUT2D eigenvalue weighted by molar-refractivity contribution is 6.34. The number of nitrogens with zero attached hydrogens (tertiary/aromatic N) is 2. The van der Waals surface area contributed by atoms with E-state index < -0.39 is 24.3 Å². The van der Waals surface area contributed by atoms with Crippen LogP contribution in [0.1, 0.15) is 18.4 Å². The first-order chi connectivity index (χ1) is 6.84. The largest absolute Gasteiger partial charge is 0.321 e. The molecule has 2 rings (SSSR count). The van der Waals surface area contributed by atoms with E-state index in [0.717, 1.165) is 6.33 Å². The lowest BCUT2D eigenvalue weighted by atomic mass is 9.70. The van der Waals surface area contributed by atoms with Crippen molar-refractivity contribution in [2.24, 2.45) is 5.73 Å². The maximum absolute atomic E-state index is 12.8. The van der Waals surface area contributed by atoms with Crippen molar-refractivity contribution in [3.8, 4) is 0 Å². The average Bonchev–Trinajstić information content (AvgIpc) is 1.98. The summed E-state index contributed by atoms with van der Waals surface area (Å²) in [5, 5.41) is 0.0704. The summed E-state index contributed by atoms with van der Waals surface area (Å²) in [5.74, 6) is -2.75. The molecular formula is C8H7Cl2F2N3. The summed E-state index contributed by atoms with van der Waals surface area (Å²) in [6, 6.07) is 0. The van der Waals surface area contributed by atoms with Crippen molar-refractivity contribution < 1.29 is 8.78 Å². The molecular weight excluding hydrogens is 247 g/mol. The van der Waals surface area contributed by atoms with E-state index in [-0.39, 0.29) is 15.9 Å². The molecule has 0 aliphatic heterocycles. The SMILES string of the molecule is NC1(c2c(Cl)ncnc2Cl)CC(F)(F)C1. The molecule has 3 nitrogen and oxygen atoms in total. The second-order valence-corrected chi connectivity index (χ2v) is 4.41. The summed E-state index contributed by atoms with van der Waals surface area (Å²) in [5.41, 5.74) is 4.77. The van der Waals surface area contributed by atoms with E-state index in [1.165, 1.54) is 0 Å². The number of halogens is 4. The third kappa shape index (κ3) is 1.79. The van der Waals surface area contributed by atoms with Crippen LogP contribution < -0.4 is 5.73 Å². The molecule has 1 aliphatic rings. The topological polar surface area (TPSA) is 51.8 Å². The van der Waals surface area contributed by atoms with Crippen LogP contribution in [0.2, 0.25) is 10.3 Å². The monoisotopic (exact) mass is 253 g/mol. The zero-order valence-electron chi connectivity index (χ0n) is 7.48. The van der Waals surface area contributed by atoms with E-state index in [0.29, 0.717) is 0 Å². The lowest BCUT2D eigenvalue weighted by Crippen LogP contribution is -2.55. The van der Waals surface area contributed by atoms with Gasteiger partial charge in [-0.25, -0.2) is 18.7 Å². The molecule has 82 valence electrons. The molecule has 1 saturated carbocycles. The Labute approximate surface area is 94.6 Å². The molecule has 0 radical (unpaired) electrons. The predicted molar refractivity (Wildman–Crippen MR) is 52.1 cm³/mol. The number of hydrogen-bond acceptors (Lipinski definition) is 3. The first-order valence-electron chi connectivity index (χ1n) is 4.17. The standard InChI is InChI=1S/C8H7Cl2F2N3/c9-5-4(6(10)15-3-14-5)7(13)1-8(11,12)2-7/h3H,1-2,13H2. The van der Waals surface area contributed by atoms with Gasteiger partial charge in [0.1, 0.15) is 16.6 Å². The van der Waals surface area contributed by atoms with Crippen LogP contribution in [0.4, 0.5) is 8.78 Å². The highest BCUT2D eigenvalue weighted by atomic mass is 35.5. The summed E-state index contributed by atoms with van der Waals surface area (Å²) >= 11 is 11.5. The van der Waals surface area contributed by atoms with Gasteiger partial charge in [-0.1, -0.05) is 23.2 Å². The van der Waals surface area contributed by atoms with Crippen LogP contribution in [0, 0.1) is 0 Å². The minimum absolute atomic E-state index is 0.0352. The van der Waals surface area contributed by atoms with Gasteiger partial charge in [0.2, 0.25) is 0 Å². The van der Waals surface area contributed by atoms with Crippen LogP contribution >= 0.6 is 23.2 Å². The summed E-state index contributed by atoms with van der Waals surface area (Å²) in [7, 11) is 0. The fourth-order valence-electron chi connectivity index (χ4n) is 1.80. The van der Waals surface area contributed by atoms with Crippen molar-refractivity contribution in [2.45, 2.75) is 24.3 Å². The van der Waals surface area contributed by atoms with E-state index >= 15 is 0 Å². The molecule has 0 saturated heterocycles. The molecule has 0 amide bonds. The number of rotatable bonds is 1. The third-order valence-electron chi connectivity index (χ3n) is 2.40. The van der Waals surface area contributed by atoms with Gasteiger partial charge >= 0.3 is 0 Å². The number of alkyl halides is 2. The average molecular weight is 254 g/mol. The minimum Gasteiger partial charge on any atom is -0.321 e. The van der Waals surface area contributed by atoms with Crippen LogP contribution in [0.15, 0.2) is 6.33 Å². The Morgan fingerprint density at radius 1 is 1.20 bits per heavy atom. The van der Waals surface area contributed by atoms with E-state index in [1.807, 2.05) is 0 Å². The van der Waals surface area contributed by atoms with Gasteiger partial charge in [-0.3, -0.25) is 0 Å². The van der Waals surface area contributed by atoms with Crippen molar-refractivity contribution >= 4 is 23.2 Å². The van der Waals surface area contributed by atoms with Crippen molar-refractivity contribution in [3.05, 3.63) is 22.2 Å². The van der Waals surface area contributed by atoms with Gasteiger partial charge in [-0.2, -0.15) is 0 Å². The zero-order valence-corrected chi connectivity index (χ0v) is 8.99. The maximum Gasteiger partial charge on any atom is 0.252 e.